The standard InChI is InChI=1S/C12H12BrNO2/c13-7-4-5-14-10(6-7)12(11(15)16)8-2-1-3-9(8)12/h4-6,8-9H,1-3H2,(H,15,16)/t8-,9+,12?. The number of aromatic nitrogens is 1. The number of carboxylic acids is 1. The lowest BCUT2D eigenvalue weighted by molar-refractivity contribution is -0.141. The van der Waals surface area contributed by atoms with Gasteiger partial charge in [-0.15, -0.1) is 0 Å². The van der Waals surface area contributed by atoms with Crippen molar-refractivity contribution < 1.29 is 9.90 Å². The molecule has 2 aliphatic rings. The molecule has 0 radical (unpaired) electrons. The van der Waals surface area contributed by atoms with Crippen LogP contribution in [0.2, 0.25) is 0 Å². The highest BCUT2D eigenvalue weighted by molar-refractivity contribution is 9.10. The van der Waals surface area contributed by atoms with E-state index in [2.05, 4.69) is 20.9 Å². The van der Waals surface area contributed by atoms with Crippen LogP contribution in [0.1, 0.15) is 25.0 Å². The first-order valence-corrected chi connectivity index (χ1v) is 6.32. The first kappa shape index (κ1) is 10.3. The highest BCUT2D eigenvalue weighted by Gasteiger charge is 2.72. The van der Waals surface area contributed by atoms with Crippen LogP contribution in [0, 0.1) is 11.8 Å². The number of hydrogen-bond donors (Lipinski definition) is 1. The minimum Gasteiger partial charge on any atom is -0.481 e. The fourth-order valence-corrected chi connectivity index (χ4v) is 3.73. The minimum absolute atomic E-state index is 0.312. The largest absolute Gasteiger partial charge is 0.481 e. The first-order chi connectivity index (χ1) is 7.67. The number of halogens is 1. The molecule has 4 heteroatoms. The summed E-state index contributed by atoms with van der Waals surface area (Å²) in [5.74, 6) is -0.0774. The van der Waals surface area contributed by atoms with Gasteiger partial charge in [0.05, 0.1) is 5.69 Å². The van der Waals surface area contributed by atoms with Crippen molar-refractivity contribution >= 4 is 21.9 Å². The smallest absolute Gasteiger partial charge is 0.316 e. The third-order valence-corrected chi connectivity index (χ3v) is 4.57. The second-order valence-corrected chi connectivity index (χ2v) is 5.59. The third kappa shape index (κ3) is 1.14. The Morgan fingerprint density at radius 3 is 2.75 bits per heavy atom. The Balaban J connectivity index is 2.06. The lowest BCUT2D eigenvalue weighted by Gasteiger charge is -2.15. The van der Waals surface area contributed by atoms with Gasteiger partial charge in [-0.2, -0.15) is 0 Å². The van der Waals surface area contributed by atoms with Gasteiger partial charge in [0.15, 0.2) is 0 Å². The van der Waals surface area contributed by atoms with E-state index in [-0.39, 0.29) is 0 Å². The normalized spacial score (nSPS) is 35.8. The maximum Gasteiger partial charge on any atom is 0.316 e. The fraction of sp³-hybridized carbons (Fsp3) is 0.500. The molecule has 3 atom stereocenters. The number of aliphatic carboxylic acids is 1. The number of fused-ring (bicyclic) bond motifs is 1. The highest BCUT2D eigenvalue weighted by atomic mass is 79.9. The zero-order chi connectivity index (χ0) is 11.3. The molecular formula is C12H12BrNO2. The van der Waals surface area contributed by atoms with Crippen molar-refractivity contribution in [1.29, 1.82) is 0 Å². The number of hydrogen-bond acceptors (Lipinski definition) is 2. The number of pyridine rings is 1. The number of carboxylic acid groups (broad SMARTS) is 1. The molecule has 1 heterocycles. The van der Waals surface area contributed by atoms with Gasteiger partial charge in [-0.25, -0.2) is 0 Å². The predicted molar refractivity (Wildman–Crippen MR) is 62.1 cm³/mol. The topological polar surface area (TPSA) is 50.2 Å². The summed E-state index contributed by atoms with van der Waals surface area (Å²) in [7, 11) is 0. The van der Waals surface area contributed by atoms with Gasteiger partial charge < -0.3 is 5.11 Å². The third-order valence-electron chi connectivity index (χ3n) is 4.08. The quantitative estimate of drug-likeness (QED) is 0.907. The Bertz CT molecular complexity index is 450. The monoisotopic (exact) mass is 281 g/mol. The van der Waals surface area contributed by atoms with Crippen LogP contribution < -0.4 is 0 Å². The zero-order valence-corrected chi connectivity index (χ0v) is 10.3. The van der Waals surface area contributed by atoms with Gasteiger partial charge in [-0.05, 0) is 36.8 Å². The second-order valence-electron chi connectivity index (χ2n) is 4.68. The van der Waals surface area contributed by atoms with Crippen LogP contribution in [0.5, 0.6) is 0 Å². The van der Waals surface area contributed by atoms with Crippen molar-refractivity contribution in [2.45, 2.75) is 24.7 Å². The Kier molecular flexibility index (Phi) is 2.11. The number of carbonyl (C=O) groups is 1. The van der Waals surface area contributed by atoms with Gasteiger partial charge in [-0.3, -0.25) is 9.78 Å². The summed E-state index contributed by atoms with van der Waals surface area (Å²) in [6.07, 6.45) is 4.91. The molecule has 0 aromatic carbocycles. The molecule has 0 saturated heterocycles. The molecule has 0 amide bonds. The summed E-state index contributed by atoms with van der Waals surface area (Å²) in [6.45, 7) is 0. The first-order valence-electron chi connectivity index (χ1n) is 5.53. The highest BCUT2D eigenvalue weighted by Crippen LogP contribution is 2.67. The van der Waals surface area contributed by atoms with Gasteiger partial charge in [-0.1, -0.05) is 22.4 Å². The van der Waals surface area contributed by atoms with Crippen molar-refractivity contribution in [2.24, 2.45) is 11.8 Å². The van der Waals surface area contributed by atoms with E-state index in [0.29, 0.717) is 11.8 Å². The number of rotatable bonds is 2. The molecule has 1 aromatic rings. The summed E-state index contributed by atoms with van der Waals surface area (Å²) in [6, 6.07) is 3.68. The number of nitrogens with zero attached hydrogens (tertiary/aromatic N) is 1. The maximum atomic E-state index is 11.6. The molecule has 3 nitrogen and oxygen atoms in total. The average molecular weight is 282 g/mol. The molecule has 3 rings (SSSR count). The van der Waals surface area contributed by atoms with Gasteiger partial charge in [0.25, 0.3) is 0 Å². The van der Waals surface area contributed by atoms with Gasteiger partial charge in [0.2, 0.25) is 0 Å². The van der Waals surface area contributed by atoms with Crippen LogP contribution >= 0.6 is 15.9 Å². The zero-order valence-electron chi connectivity index (χ0n) is 8.69. The lowest BCUT2D eigenvalue weighted by Crippen LogP contribution is -2.26. The van der Waals surface area contributed by atoms with Crippen LogP contribution in [0.4, 0.5) is 0 Å². The van der Waals surface area contributed by atoms with E-state index in [1.54, 1.807) is 6.20 Å². The van der Waals surface area contributed by atoms with Crippen molar-refractivity contribution in [3.8, 4) is 0 Å². The maximum absolute atomic E-state index is 11.6. The fourth-order valence-electron chi connectivity index (χ4n) is 3.39. The molecule has 1 N–H and O–H groups in total. The predicted octanol–water partition coefficient (Wildman–Crippen LogP) is 2.60. The van der Waals surface area contributed by atoms with Crippen LogP contribution in [0.25, 0.3) is 0 Å². The van der Waals surface area contributed by atoms with Crippen molar-refractivity contribution in [3.05, 3.63) is 28.5 Å². The Morgan fingerprint density at radius 1 is 1.50 bits per heavy atom. The summed E-state index contributed by atoms with van der Waals surface area (Å²) < 4.78 is 0.906. The molecular weight excluding hydrogens is 270 g/mol. The van der Waals surface area contributed by atoms with E-state index in [0.717, 1.165) is 23.0 Å². The average Bonchev–Trinajstić information content (AvgIpc) is 2.64. The van der Waals surface area contributed by atoms with Crippen molar-refractivity contribution in [1.82, 2.24) is 4.98 Å². The van der Waals surface area contributed by atoms with E-state index < -0.39 is 11.4 Å². The summed E-state index contributed by atoms with van der Waals surface area (Å²) >= 11 is 3.38. The summed E-state index contributed by atoms with van der Waals surface area (Å²) in [5, 5.41) is 9.50. The lowest BCUT2D eigenvalue weighted by atomic mass is 9.91. The van der Waals surface area contributed by atoms with Gasteiger partial charge in [0, 0.05) is 10.7 Å². The van der Waals surface area contributed by atoms with Crippen LogP contribution in [0.15, 0.2) is 22.8 Å². The molecule has 0 spiro atoms. The Labute approximate surface area is 102 Å². The molecule has 1 aromatic heterocycles. The van der Waals surface area contributed by atoms with Crippen molar-refractivity contribution in [2.75, 3.05) is 0 Å². The van der Waals surface area contributed by atoms with E-state index in [9.17, 15) is 9.90 Å². The Morgan fingerprint density at radius 2 is 2.19 bits per heavy atom. The molecule has 2 saturated carbocycles. The van der Waals surface area contributed by atoms with Crippen LogP contribution in [-0.4, -0.2) is 16.1 Å². The molecule has 16 heavy (non-hydrogen) atoms. The molecule has 2 fully saturated rings. The van der Waals surface area contributed by atoms with E-state index in [4.69, 9.17) is 0 Å². The summed E-state index contributed by atoms with van der Waals surface area (Å²) in [4.78, 5) is 15.8. The second kappa shape index (κ2) is 3.29. The van der Waals surface area contributed by atoms with E-state index in [1.165, 1.54) is 6.42 Å². The molecule has 0 aliphatic heterocycles. The molecule has 84 valence electrons. The van der Waals surface area contributed by atoms with Gasteiger partial charge in [0.1, 0.15) is 5.41 Å². The van der Waals surface area contributed by atoms with Crippen LogP contribution in [-0.2, 0) is 10.2 Å². The molecule has 1 unspecified atom stereocenters. The SMILES string of the molecule is O=C(O)C1(c2cc(Br)ccn2)[C@@H]2CCC[C@@H]21. The minimum atomic E-state index is -0.701. The molecule has 0 bridgehead atoms. The Hall–Kier alpha value is -0.900. The van der Waals surface area contributed by atoms with Crippen LogP contribution in [0.3, 0.4) is 0 Å². The summed E-state index contributed by atoms with van der Waals surface area (Å²) in [5.41, 5.74) is 0.0475. The van der Waals surface area contributed by atoms with E-state index >= 15 is 0 Å². The van der Waals surface area contributed by atoms with Gasteiger partial charge >= 0.3 is 5.97 Å². The molecule has 2 aliphatic carbocycles. The van der Waals surface area contributed by atoms with Crippen molar-refractivity contribution in [3.63, 3.8) is 0 Å². The van der Waals surface area contributed by atoms with E-state index in [1.807, 2.05) is 12.1 Å².